The van der Waals surface area contributed by atoms with Crippen molar-refractivity contribution in [3.8, 4) is 22.3 Å². The Balaban J connectivity index is 0.000000297. The van der Waals surface area contributed by atoms with Crippen LogP contribution in [0.5, 0.6) is 0 Å². The fourth-order valence-electron chi connectivity index (χ4n) is 7.86. The summed E-state index contributed by atoms with van der Waals surface area (Å²) in [5.74, 6) is -1.15. The number of nitrogens with one attached hydrogen (secondary N) is 2. The molecule has 6 rings (SSSR count). The number of carboxylic acids is 1. The molecule has 0 fully saturated rings. The number of aliphatic carboxylic acids is 1. The number of carbonyl (C=O) groups is 6. The number of ether oxygens (including phenoxy) is 5. The van der Waals surface area contributed by atoms with E-state index < -0.39 is 35.9 Å². The van der Waals surface area contributed by atoms with Gasteiger partial charge in [-0.1, -0.05) is 97.1 Å². The molecule has 0 heterocycles. The van der Waals surface area contributed by atoms with Gasteiger partial charge in [-0.25, -0.2) is 19.2 Å². The van der Waals surface area contributed by atoms with E-state index in [1.807, 2.05) is 48.5 Å². The van der Waals surface area contributed by atoms with Gasteiger partial charge in [0.25, 0.3) is 0 Å². The van der Waals surface area contributed by atoms with Crippen molar-refractivity contribution in [3.05, 3.63) is 119 Å². The topological polar surface area (TPSA) is 223 Å². The number of nitrogens with zero attached hydrogens (tertiary/aromatic N) is 3. The summed E-state index contributed by atoms with van der Waals surface area (Å²) in [5, 5.41) is 22.9. The Morgan fingerprint density at radius 3 is 1.31 bits per heavy atom. The lowest BCUT2D eigenvalue weighted by molar-refractivity contribution is -0.138. The second-order valence-electron chi connectivity index (χ2n) is 17.6. The average Bonchev–Trinajstić information content (AvgIpc) is 3.83. The van der Waals surface area contributed by atoms with Crippen molar-refractivity contribution in [2.45, 2.75) is 51.0 Å². The molecule has 0 aliphatic heterocycles. The molecule has 70 heavy (non-hydrogen) atoms. The number of carboxylic acid groups (broad SMARTS) is 2. The largest absolute Gasteiger partial charge is 0.481 e. The third-order valence-electron chi connectivity index (χ3n) is 11.4. The van der Waals surface area contributed by atoms with Gasteiger partial charge in [0.05, 0.1) is 39.3 Å². The van der Waals surface area contributed by atoms with Crippen LogP contribution in [0.25, 0.3) is 22.3 Å². The van der Waals surface area contributed by atoms with Crippen molar-refractivity contribution in [3.63, 3.8) is 0 Å². The smallest absolute Gasteiger partial charge is 0.410 e. The van der Waals surface area contributed by atoms with Gasteiger partial charge in [0.15, 0.2) is 0 Å². The highest BCUT2D eigenvalue weighted by molar-refractivity contribution is 5.80. The Labute approximate surface area is 408 Å². The Hall–Kier alpha value is -7.18. The van der Waals surface area contributed by atoms with Crippen LogP contribution >= 0.6 is 0 Å². The van der Waals surface area contributed by atoms with Crippen LogP contribution in [0.1, 0.15) is 67.7 Å². The van der Waals surface area contributed by atoms with Crippen molar-refractivity contribution in [1.29, 1.82) is 0 Å². The van der Waals surface area contributed by atoms with Crippen LogP contribution in [0, 0.1) is 0 Å². The Kier molecular flexibility index (Phi) is 20.4. The second kappa shape index (κ2) is 26.5. The molecule has 0 spiro atoms. The maximum atomic E-state index is 12.9. The third kappa shape index (κ3) is 16.2. The zero-order chi connectivity index (χ0) is 50.6. The number of rotatable bonds is 22. The molecule has 0 unspecified atom stereocenters. The summed E-state index contributed by atoms with van der Waals surface area (Å²) in [7, 11) is 3.00. The summed E-state index contributed by atoms with van der Waals surface area (Å²) in [6, 6.07) is 32.5. The lowest BCUT2D eigenvalue weighted by Crippen LogP contribution is -2.44. The molecule has 4 aromatic rings. The predicted molar refractivity (Wildman–Crippen MR) is 261 cm³/mol. The van der Waals surface area contributed by atoms with E-state index in [1.54, 1.807) is 27.8 Å². The molecule has 0 atom stereocenters. The van der Waals surface area contributed by atoms with Gasteiger partial charge < -0.3 is 59.2 Å². The van der Waals surface area contributed by atoms with Gasteiger partial charge in [0.2, 0.25) is 5.91 Å². The van der Waals surface area contributed by atoms with Gasteiger partial charge in [0.1, 0.15) is 18.8 Å². The molecule has 0 radical (unpaired) electrons. The predicted octanol–water partition coefficient (Wildman–Crippen LogP) is 7.25. The Morgan fingerprint density at radius 1 is 0.543 bits per heavy atom. The summed E-state index contributed by atoms with van der Waals surface area (Å²) in [4.78, 5) is 74.9. The molecule has 0 bridgehead atoms. The van der Waals surface area contributed by atoms with Crippen molar-refractivity contribution in [2.75, 3.05) is 93.0 Å². The monoisotopic (exact) mass is 967 g/mol. The number of hydrogen-bond acceptors (Lipinski definition) is 11. The minimum absolute atomic E-state index is 0.0277. The molecular weight excluding hydrogens is 903 g/mol. The molecule has 4 aromatic carbocycles. The number of hydrogen-bond donors (Lipinski definition) is 4. The molecule has 18 heteroatoms. The van der Waals surface area contributed by atoms with E-state index in [4.69, 9.17) is 33.9 Å². The minimum atomic E-state index is -1.10. The lowest BCUT2D eigenvalue weighted by atomic mass is 9.98. The van der Waals surface area contributed by atoms with E-state index in [0.29, 0.717) is 0 Å². The number of fused-ring (bicyclic) bond motifs is 6. The molecule has 5 amide bonds. The quantitative estimate of drug-likeness (QED) is 0.0451. The van der Waals surface area contributed by atoms with E-state index in [0.717, 1.165) is 27.2 Å². The molecule has 2 aliphatic carbocycles. The fraction of sp³-hybridized carbons (Fsp3) is 0.423. The van der Waals surface area contributed by atoms with Crippen molar-refractivity contribution in [2.24, 2.45) is 0 Å². The maximum Gasteiger partial charge on any atom is 0.410 e. The summed E-state index contributed by atoms with van der Waals surface area (Å²) < 4.78 is 26.9. The summed E-state index contributed by atoms with van der Waals surface area (Å²) in [5.41, 5.74) is 8.63. The van der Waals surface area contributed by atoms with Crippen molar-refractivity contribution < 1.29 is 62.7 Å². The summed E-state index contributed by atoms with van der Waals surface area (Å²) in [6.45, 7) is 7.61. The van der Waals surface area contributed by atoms with Crippen LogP contribution in [0.2, 0.25) is 0 Å². The molecule has 4 N–H and O–H groups in total. The first-order valence-corrected chi connectivity index (χ1v) is 23.2. The van der Waals surface area contributed by atoms with Gasteiger partial charge in [-0.05, 0) is 65.3 Å². The third-order valence-corrected chi connectivity index (χ3v) is 11.4. The first-order valence-electron chi connectivity index (χ1n) is 23.2. The Morgan fingerprint density at radius 2 is 0.929 bits per heavy atom. The van der Waals surface area contributed by atoms with Crippen LogP contribution in [0.4, 0.5) is 19.2 Å². The zero-order valence-electron chi connectivity index (χ0n) is 40.5. The average molecular weight is 968 g/mol. The van der Waals surface area contributed by atoms with Gasteiger partial charge in [-0.3, -0.25) is 9.59 Å². The van der Waals surface area contributed by atoms with E-state index in [1.165, 1.54) is 39.1 Å². The highest BCUT2D eigenvalue weighted by atomic mass is 16.6. The van der Waals surface area contributed by atoms with E-state index in [9.17, 15) is 28.8 Å². The van der Waals surface area contributed by atoms with Gasteiger partial charge in [-0.15, -0.1) is 0 Å². The van der Waals surface area contributed by atoms with Gasteiger partial charge >= 0.3 is 30.3 Å². The van der Waals surface area contributed by atoms with Crippen molar-refractivity contribution >= 4 is 36.2 Å². The van der Waals surface area contributed by atoms with Crippen molar-refractivity contribution in [1.82, 2.24) is 25.3 Å². The molecular formula is C52H65N5O13. The standard InChI is InChI=1S/C32H44N4O8.C20H21NO5/c1-32(2,3)44-31(41)35(5)17-19-36(18-16-34(4)30(39)40)28(37)14-20-42-21-15-33-29(38)43-22-27-25-12-8-6-10-23(25)24-11-7-9-13-26(24)27;22-19(23)9-11-25-12-10-21-20(24)26-13-18-16-7-3-1-5-14(16)15-6-2-4-8-17(15)18/h6-13,27H,14-22H2,1-5H3,(H,33,38)(H,39,40);1-8,18H,9-13H2,(H,21,24)(H,22,23). The maximum absolute atomic E-state index is 12.9. The molecule has 376 valence electrons. The van der Waals surface area contributed by atoms with E-state index >= 15 is 0 Å². The fourth-order valence-corrected chi connectivity index (χ4v) is 7.86. The molecule has 18 nitrogen and oxygen atoms in total. The number of carbonyl (C=O) groups excluding carboxylic acids is 4. The number of benzene rings is 4. The highest BCUT2D eigenvalue weighted by Gasteiger charge is 2.30. The first kappa shape index (κ1) is 53.8. The first-order chi connectivity index (χ1) is 33.5. The number of amides is 5. The SMILES string of the molecule is CN(CCN(CCN(C)C(=O)OC(C)(C)C)C(=O)CCOCCNC(=O)OCC1c2ccccc2-c2ccccc21)C(=O)O.O=C(O)CCOCCNC(=O)OCC1c2ccccc2-c2ccccc21. The Bertz CT molecular complexity index is 2310. The highest BCUT2D eigenvalue weighted by Crippen LogP contribution is 2.45. The lowest BCUT2D eigenvalue weighted by Gasteiger charge is -2.28. The number of likely N-dealkylation sites (N-methyl/N-ethyl adjacent to an activating group) is 2. The number of alkyl carbamates (subject to hydrolysis) is 2. The summed E-state index contributed by atoms with van der Waals surface area (Å²) in [6.07, 6.45) is -2.67. The normalized spacial score (nSPS) is 12.2. The molecule has 0 saturated carbocycles. The van der Waals surface area contributed by atoms with Crippen LogP contribution < -0.4 is 10.6 Å². The van der Waals surface area contributed by atoms with E-state index in [-0.39, 0.29) is 109 Å². The molecule has 0 aromatic heterocycles. The van der Waals surface area contributed by atoms with Crippen LogP contribution in [-0.4, -0.2) is 160 Å². The molecule has 2 aliphatic rings. The van der Waals surface area contributed by atoms with Gasteiger partial charge in [-0.2, -0.15) is 0 Å². The zero-order valence-corrected chi connectivity index (χ0v) is 40.5. The van der Waals surface area contributed by atoms with Crippen LogP contribution in [-0.2, 0) is 33.3 Å². The van der Waals surface area contributed by atoms with Gasteiger partial charge in [0, 0.05) is 65.2 Å². The van der Waals surface area contributed by atoms with Crippen LogP contribution in [0.3, 0.4) is 0 Å². The second-order valence-corrected chi connectivity index (χ2v) is 17.6. The van der Waals surface area contributed by atoms with E-state index in [2.05, 4.69) is 59.2 Å². The molecule has 0 saturated heterocycles. The summed E-state index contributed by atoms with van der Waals surface area (Å²) >= 11 is 0. The van der Waals surface area contributed by atoms with Crippen LogP contribution in [0.15, 0.2) is 97.1 Å². The minimum Gasteiger partial charge on any atom is -0.481 e.